The van der Waals surface area contributed by atoms with Crippen LogP contribution in [0.2, 0.25) is 0 Å². The van der Waals surface area contributed by atoms with Crippen LogP contribution in [-0.4, -0.2) is 12.6 Å². The van der Waals surface area contributed by atoms with Gasteiger partial charge in [0.2, 0.25) is 0 Å². The Morgan fingerprint density at radius 1 is 1.36 bits per heavy atom. The molecule has 1 saturated carbocycles. The van der Waals surface area contributed by atoms with Gasteiger partial charge in [-0.1, -0.05) is 27.7 Å². The number of nitrogens with one attached hydrogen (secondary N) is 1. The van der Waals surface area contributed by atoms with Gasteiger partial charge in [0, 0.05) is 6.04 Å². The molecule has 0 saturated heterocycles. The van der Waals surface area contributed by atoms with E-state index >= 15 is 0 Å². The predicted molar refractivity (Wildman–Crippen MR) is 63.4 cm³/mol. The molecule has 0 aromatic heterocycles. The molecule has 0 amide bonds. The maximum absolute atomic E-state index is 3.57. The van der Waals surface area contributed by atoms with E-state index in [2.05, 4.69) is 39.9 Å². The van der Waals surface area contributed by atoms with Gasteiger partial charge in [-0.25, -0.2) is 0 Å². The molecular weight excluding hydrogens is 170 g/mol. The van der Waals surface area contributed by atoms with Crippen molar-refractivity contribution in [2.24, 2.45) is 17.3 Å². The number of hydrogen-bond donors (Lipinski definition) is 1. The summed E-state index contributed by atoms with van der Waals surface area (Å²) in [6.07, 6.45) is 4.21. The molecule has 3 unspecified atom stereocenters. The maximum atomic E-state index is 3.57. The normalized spacial score (nSPS) is 34.1. The second-order valence-electron chi connectivity index (χ2n) is 6.02. The second-order valence-corrected chi connectivity index (χ2v) is 6.02. The zero-order valence-electron chi connectivity index (χ0n) is 10.6. The molecule has 14 heavy (non-hydrogen) atoms. The van der Waals surface area contributed by atoms with Crippen LogP contribution in [0.3, 0.4) is 0 Å². The molecule has 0 aromatic carbocycles. The Labute approximate surface area is 89.7 Å². The van der Waals surface area contributed by atoms with Crippen molar-refractivity contribution in [1.29, 1.82) is 0 Å². The summed E-state index contributed by atoms with van der Waals surface area (Å²) >= 11 is 0. The van der Waals surface area contributed by atoms with Gasteiger partial charge in [0.1, 0.15) is 0 Å². The molecule has 0 spiro atoms. The average Bonchev–Trinajstić information content (AvgIpc) is 2.00. The van der Waals surface area contributed by atoms with E-state index in [4.69, 9.17) is 0 Å². The van der Waals surface area contributed by atoms with Crippen molar-refractivity contribution in [2.45, 2.75) is 59.9 Å². The summed E-state index contributed by atoms with van der Waals surface area (Å²) in [6.45, 7) is 12.9. The largest absolute Gasteiger partial charge is 0.314 e. The summed E-state index contributed by atoms with van der Waals surface area (Å²) in [6, 6.07) is 0.696. The lowest BCUT2D eigenvalue weighted by molar-refractivity contribution is 0.112. The SMILES string of the molecule is CCNC(C)C1CC(C)CC(C)(C)C1. The van der Waals surface area contributed by atoms with Gasteiger partial charge in [0.05, 0.1) is 0 Å². The first-order valence-corrected chi connectivity index (χ1v) is 6.18. The molecule has 0 aliphatic heterocycles. The van der Waals surface area contributed by atoms with Gasteiger partial charge in [-0.15, -0.1) is 0 Å². The fraction of sp³-hybridized carbons (Fsp3) is 1.00. The van der Waals surface area contributed by atoms with Crippen molar-refractivity contribution >= 4 is 0 Å². The molecule has 0 bridgehead atoms. The fourth-order valence-electron chi connectivity index (χ4n) is 3.29. The van der Waals surface area contributed by atoms with E-state index in [0.29, 0.717) is 11.5 Å². The molecule has 1 heteroatoms. The predicted octanol–water partition coefficient (Wildman–Crippen LogP) is 3.45. The zero-order valence-corrected chi connectivity index (χ0v) is 10.6. The molecule has 0 radical (unpaired) electrons. The molecule has 0 heterocycles. The second kappa shape index (κ2) is 4.65. The lowest BCUT2D eigenvalue weighted by Gasteiger charge is -2.41. The van der Waals surface area contributed by atoms with E-state index in [1.807, 2.05) is 0 Å². The Balaban J connectivity index is 2.53. The molecule has 1 aliphatic carbocycles. The van der Waals surface area contributed by atoms with Crippen molar-refractivity contribution < 1.29 is 0 Å². The average molecular weight is 197 g/mol. The maximum Gasteiger partial charge on any atom is 0.00671 e. The fourth-order valence-corrected chi connectivity index (χ4v) is 3.29. The van der Waals surface area contributed by atoms with E-state index in [1.165, 1.54) is 19.3 Å². The smallest absolute Gasteiger partial charge is 0.00671 e. The minimum atomic E-state index is 0.562. The minimum absolute atomic E-state index is 0.562. The molecular formula is C13H27N. The zero-order chi connectivity index (χ0) is 10.8. The quantitative estimate of drug-likeness (QED) is 0.731. The highest BCUT2D eigenvalue weighted by Gasteiger charge is 2.33. The van der Waals surface area contributed by atoms with Crippen LogP contribution in [0, 0.1) is 17.3 Å². The summed E-state index contributed by atoms with van der Waals surface area (Å²) in [5.74, 6) is 1.79. The first kappa shape index (κ1) is 12.0. The van der Waals surface area contributed by atoms with E-state index in [1.54, 1.807) is 0 Å². The van der Waals surface area contributed by atoms with Crippen LogP contribution < -0.4 is 5.32 Å². The van der Waals surface area contributed by atoms with Crippen LogP contribution in [0.1, 0.15) is 53.9 Å². The van der Waals surface area contributed by atoms with Gasteiger partial charge in [-0.2, -0.15) is 0 Å². The lowest BCUT2D eigenvalue weighted by Crippen LogP contribution is -2.40. The lowest BCUT2D eigenvalue weighted by atomic mass is 9.66. The molecule has 84 valence electrons. The van der Waals surface area contributed by atoms with E-state index in [-0.39, 0.29) is 0 Å². The summed E-state index contributed by atoms with van der Waals surface area (Å²) < 4.78 is 0. The molecule has 3 atom stereocenters. The molecule has 1 aliphatic rings. The summed E-state index contributed by atoms with van der Waals surface area (Å²) in [7, 11) is 0. The molecule has 1 rings (SSSR count). The van der Waals surface area contributed by atoms with Crippen LogP contribution in [0.4, 0.5) is 0 Å². The van der Waals surface area contributed by atoms with Gasteiger partial charge in [-0.3, -0.25) is 0 Å². The Bertz CT molecular complexity index is 174. The molecule has 1 fully saturated rings. The highest BCUT2D eigenvalue weighted by atomic mass is 14.9. The van der Waals surface area contributed by atoms with Gasteiger partial charge >= 0.3 is 0 Å². The van der Waals surface area contributed by atoms with Crippen molar-refractivity contribution in [3.8, 4) is 0 Å². The van der Waals surface area contributed by atoms with E-state index in [0.717, 1.165) is 18.4 Å². The van der Waals surface area contributed by atoms with Crippen molar-refractivity contribution in [3.63, 3.8) is 0 Å². The highest BCUT2D eigenvalue weighted by molar-refractivity contribution is 4.86. The van der Waals surface area contributed by atoms with Crippen LogP contribution in [0.5, 0.6) is 0 Å². The summed E-state index contributed by atoms with van der Waals surface area (Å²) in [5, 5.41) is 3.57. The molecule has 1 nitrogen and oxygen atoms in total. The van der Waals surface area contributed by atoms with E-state index in [9.17, 15) is 0 Å². The number of hydrogen-bond acceptors (Lipinski definition) is 1. The van der Waals surface area contributed by atoms with Gasteiger partial charge in [0.25, 0.3) is 0 Å². The standard InChI is InChI=1S/C13H27N/c1-6-14-11(3)12-7-10(2)8-13(4,5)9-12/h10-12,14H,6-9H2,1-5H3. The third-order valence-electron chi connectivity index (χ3n) is 3.65. The van der Waals surface area contributed by atoms with Crippen LogP contribution >= 0.6 is 0 Å². The van der Waals surface area contributed by atoms with Crippen molar-refractivity contribution in [3.05, 3.63) is 0 Å². The van der Waals surface area contributed by atoms with Crippen molar-refractivity contribution in [1.82, 2.24) is 5.32 Å². The Morgan fingerprint density at radius 2 is 2.00 bits per heavy atom. The third kappa shape index (κ3) is 3.27. The van der Waals surface area contributed by atoms with Gasteiger partial charge in [0.15, 0.2) is 0 Å². The Kier molecular flexibility index (Phi) is 4.00. The van der Waals surface area contributed by atoms with Gasteiger partial charge < -0.3 is 5.32 Å². The monoisotopic (exact) mass is 197 g/mol. The Morgan fingerprint density at radius 3 is 2.50 bits per heavy atom. The topological polar surface area (TPSA) is 12.0 Å². The summed E-state index contributed by atoms with van der Waals surface area (Å²) in [5.41, 5.74) is 0.562. The highest BCUT2D eigenvalue weighted by Crippen LogP contribution is 2.42. The van der Waals surface area contributed by atoms with Crippen LogP contribution in [0.15, 0.2) is 0 Å². The summed E-state index contributed by atoms with van der Waals surface area (Å²) in [4.78, 5) is 0. The number of rotatable bonds is 3. The first-order chi connectivity index (χ1) is 6.44. The Hall–Kier alpha value is -0.0400. The van der Waals surface area contributed by atoms with Crippen LogP contribution in [-0.2, 0) is 0 Å². The van der Waals surface area contributed by atoms with Gasteiger partial charge in [-0.05, 0) is 50.0 Å². The van der Waals surface area contributed by atoms with Crippen molar-refractivity contribution in [2.75, 3.05) is 6.54 Å². The van der Waals surface area contributed by atoms with E-state index < -0.39 is 0 Å². The van der Waals surface area contributed by atoms with Crippen LogP contribution in [0.25, 0.3) is 0 Å². The molecule has 0 aromatic rings. The third-order valence-corrected chi connectivity index (χ3v) is 3.65. The minimum Gasteiger partial charge on any atom is -0.314 e. The first-order valence-electron chi connectivity index (χ1n) is 6.18. The molecule has 1 N–H and O–H groups in total.